The Labute approximate surface area is 189 Å². The highest BCUT2D eigenvalue weighted by atomic mass is 16.5. The van der Waals surface area contributed by atoms with E-state index >= 15 is 0 Å². The first-order valence-electron chi connectivity index (χ1n) is 10.8. The maximum absolute atomic E-state index is 13.4. The van der Waals surface area contributed by atoms with Crippen LogP contribution in [0.15, 0.2) is 42.5 Å². The van der Waals surface area contributed by atoms with E-state index in [9.17, 15) is 24.3 Å². The minimum absolute atomic E-state index is 0.276. The molecular weight excluding hydrogens is 426 g/mol. The molecule has 1 spiro atoms. The largest absolute Gasteiger partial charge is 0.497 e. The number of urea groups is 1. The summed E-state index contributed by atoms with van der Waals surface area (Å²) < 4.78 is 5.28. The molecule has 33 heavy (non-hydrogen) atoms. The fraction of sp³-hybridized carbons (Fsp3) is 0.333. The molecule has 5 amide bonds. The summed E-state index contributed by atoms with van der Waals surface area (Å²) in [7, 11) is 1.57. The first-order chi connectivity index (χ1) is 15.9. The van der Waals surface area contributed by atoms with Gasteiger partial charge in [0.05, 0.1) is 37.4 Å². The second-order valence-electron chi connectivity index (χ2n) is 8.55. The second kappa shape index (κ2) is 7.70. The maximum Gasteiger partial charge on any atom is 0.325 e. The van der Waals surface area contributed by atoms with Crippen molar-refractivity contribution in [2.24, 2.45) is 0 Å². The van der Waals surface area contributed by atoms with Gasteiger partial charge in [-0.25, -0.2) is 4.79 Å². The number of fused-ring (bicyclic) bond motifs is 3. The topological polar surface area (TPSA) is 116 Å². The molecule has 1 saturated heterocycles. The van der Waals surface area contributed by atoms with Crippen molar-refractivity contribution in [3.63, 3.8) is 0 Å². The molecule has 9 nitrogen and oxygen atoms in total. The van der Waals surface area contributed by atoms with Crippen LogP contribution in [0.3, 0.4) is 0 Å². The lowest BCUT2D eigenvalue weighted by atomic mass is 9.76. The van der Waals surface area contributed by atoms with Crippen LogP contribution >= 0.6 is 0 Å². The Balaban J connectivity index is 1.34. The highest BCUT2D eigenvalue weighted by Gasteiger charge is 2.54. The fourth-order valence-corrected chi connectivity index (χ4v) is 5.03. The highest BCUT2D eigenvalue weighted by molar-refractivity contribution is 6.21. The first-order valence-corrected chi connectivity index (χ1v) is 10.8. The minimum Gasteiger partial charge on any atom is -0.497 e. The number of benzene rings is 2. The molecule has 2 aliphatic heterocycles. The van der Waals surface area contributed by atoms with Crippen LogP contribution in [0.25, 0.3) is 0 Å². The number of aliphatic hydroxyl groups is 1. The summed E-state index contributed by atoms with van der Waals surface area (Å²) in [5.74, 6) is -0.771. The normalized spacial score (nSPS) is 22.5. The van der Waals surface area contributed by atoms with Crippen molar-refractivity contribution in [3.8, 4) is 5.75 Å². The molecule has 2 aromatic rings. The van der Waals surface area contributed by atoms with Crippen molar-refractivity contribution in [1.82, 2.24) is 15.1 Å². The van der Waals surface area contributed by atoms with Gasteiger partial charge in [-0.2, -0.15) is 0 Å². The van der Waals surface area contributed by atoms with Gasteiger partial charge in [0.1, 0.15) is 11.3 Å². The number of carbonyl (C=O) groups excluding carboxylic acids is 4. The van der Waals surface area contributed by atoms with E-state index in [1.54, 1.807) is 43.5 Å². The van der Waals surface area contributed by atoms with Crippen LogP contribution in [-0.4, -0.2) is 65.0 Å². The summed E-state index contributed by atoms with van der Waals surface area (Å²) in [4.78, 5) is 53.3. The Bertz CT molecular complexity index is 1160. The van der Waals surface area contributed by atoms with E-state index in [2.05, 4.69) is 5.32 Å². The Morgan fingerprint density at radius 1 is 1.03 bits per heavy atom. The van der Waals surface area contributed by atoms with Crippen molar-refractivity contribution < 1.29 is 29.0 Å². The number of ether oxygens (including phenoxy) is 1. The number of imide groups is 2. The summed E-state index contributed by atoms with van der Waals surface area (Å²) >= 11 is 0. The number of nitrogens with one attached hydrogen (secondary N) is 1. The minimum atomic E-state index is -1.28. The molecule has 2 heterocycles. The summed E-state index contributed by atoms with van der Waals surface area (Å²) in [6.07, 6.45) is 0.635. The van der Waals surface area contributed by atoms with Crippen LogP contribution < -0.4 is 10.1 Å². The molecular formula is C24H23N3O6. The Hall–Kier alpha value is -3.72. The zero-order valence-corrected chi connectivity index (χ0v) is 18.0. The average molecular weight is 449 g/mol. The molecule has 3 aliphatic rings. The molecule has 0 aromatic heterocycles. The van der Waals surface area contributed by atoms with Crippen LogP contribution in [0.5, 0.6) is 5.75 Å². The number of β-amino-alcohol motifs (C(OH)–C–C–N with tert-alkyl or cyclic N) is 1. The standard InChI is InChI=1S/C24H23N3O6/c1-33-16-8-9-19-14(11-16)5-4-10-24(19)22(31)27(23(32)25-24)13-15(28)12-26-20(29)17-6-2-3-7-18(17)21(26)30/h2-3,6-9,11,15,28H,4-5,10,12-13H2,1H3,(H,25,32)/t15-,24-/m0/s1. The Kier molecular flexibility index (Phi) is 4.93. The summed E-state index contributed by atoms with van der Waals surface area (Å²) in [6.45, 7) is -0.643. The predicted octanol–water partition coefficient (Wildman–Crippen LogP) is 1.44. The number of aryl methyl sites for hydroxylation is 1. The van der Waals surface area contributed by atoms with Gasteiger partial charge < -0.3 is 15.2 Å². The number of hydrogen-bond donors (Lipinski definition) is 2. The van der Waals surface area contributed by atoms with Crippen LogP contribution in [-0.2, 0) is 16.8 Å². The predicted molar refractivity (Wildman–Crippen MR) is 116 cm³/mol. The van der Waals surface area contributed by atoms with E-state index in [4.69, 9.17) is 4.74 Å². The fourth-order valence-electron chi connectivity index (χ4n) is 5.03. The van der Waals surface area contributed by atoms with Crippen molar-refractivity contribution in [3.05, 3.63) is 64.7 Å². The molecule has 2 N–H and O–H groups in total. The number of nitrogens with zero attached hydrogens (tertiary/aromatic N) is 2. The van der Waals surface area contributed by atoms with Gasteiger partial charge in [0.15, 0.2) is 0 Å². The van der Waals surface area contributed by atoms with Crippen LogP contribution in [0.4, 0.5) is 4.79 Å². The molecule has 2 atom stereocenters. The lowest BCUT2D eigenvalue weighted by Gasteiger charge is -2.33. The molecule has 170 valence electrons. The Morgan fingerprint density at radius 3 is 2.36 bits per heavy atom. The highest BCUT2D eigenvalue weighted by Crippen LogP contribution is 2.41. The number of hydrogen-bond acceptors (Lipinski definition) is 6. The molecule has 5 rings (SSSR count). The summed E-state index contributed by atoms with van der Waals surface area (Å²) in [6, 6.07) is 11.2. The van der Waals surface area contributed by atoms with Crippen molar-refractivity contribution >= 4 is 23.8 Å². The molecule has 2 aromatic carbocycles. The van der Waals surface area contributed by atoms with Gasteiger partial charge in [-0.1, -0.05) is 18.2 Å². The third kappa shape index (κ3) is 3.19. The Morgan fingerprint density at radius 2 is 1.70 bits per heavy atom. The number of carbonyl (C=O) groups is 4. The van der Waals surface area contributed by atoms with Gasteiger partial charge in [-0.05, 0) is 54.7 Å². The van der Waals surface area contributed by atoms with E-state index in [0.29, 0.717) is 18.6 Å². The van der Waals surface area contributed by atoms with Crippen molar-refractivity contribution in [2.75, 3.05) is 20.2 Å². The lowest BCUT2D eigenvalue weighted by Crippen LogP contribution is -2.48. The molecule has 0 bridgehead atoms. The quantitative estimate of drug-likeness (QED) is 0.527. The maximum atomic E-state index is 13.4. The van der Waals surface area contributed by atoms with Crippen LogP contribution in [0, 0.1) is 0 Å². The molecule has 1 fully saturated rings. The van der Waals surface area contributed by atoms with Gasteiger partial charge in [0.2, 0.25) is 0 Å². The van der Waals surface area contributed by atoms with E-state index < -0.39 is 35.4 Å². The van der Waals surface area contributed by atoms with Gasteiger partial charge in [0, 0.05) is 0 Å². The molecule has 1 aliphatic carbocycles. The van der Waals surface area contributed by atoms with Crippen molar-refractivity contribution in [1.29, 1.82) is 0 Å². The van der Waals surface area contributed by atoms with E-state index in [-0.39, 0.29) is 24.2 Å². The molecule has 0 radical (unpaired) electrons. The zero-order valence-electron chi connectivity index (χ0n) is 18.0. The monoisotopic (exact) mass is 449 g/mol. The number of amides is 5. The van der Waals surface area contributed by atoms with E-state index in [1.165, 1.54) is 0 Å². The van der Waals surface area contributed by atoms with Gasteiger partial charge in [-0.15, -0.1) is 0 Å². The third-order valence-corrected chi connectivity index (χ3v) is 6.61. The molecule has 9 heteroatoms. The first kappa shape index (κ1) is 21.1. The molecule has 0 saturated carbocycles. The van der Waals surface area contributed by atoms with Crippen molar-refractivity contribution in [2.45, 2.75) is 30.9 Å². The van der Waals surface area contributed by atoms with Crippen LogP contribution in [0.1, 0.15) is 44.7 Å². The van der Waals surface area contributed by atoms with Gasteiger partial charge in [0.25, 0.3) is 17.7 Å². The number of methoxy groups -OCH3 is 1. The number of rotatable bonds is 5. The zero-order chi connectivity index (χ0) is 23.3. The number of aliphatic hydroxyl groups excluding tert-OH is 1. The molecule has 0 unspecified atom stereocenters. The lowest BCUT2D eigenvalue weighted by molar-refractivity contribution is -0.133. The van der Waals surface area contributed by atoms with Crippen LogP contribution in [0.2, 0.25) is 0 Å². The van der Waals surface area contributed by atoms with Gasteiger partial charge in [-0.3, -0.25) is 24.2 Å². The average Bonchev–Trinajstić information content (AvgIpc) is 3.19. The third-order valence-electron chi connectivity index (χ3n) is 6.61. The second-order valence-corrected chi connectivity index (χ2v) is 8.55. The van der Waals surface area contributed by atoms with E-state index in [1.807, 2.05) is 6.07 Å². The summed E-state index contributed by atoms with van der Waals surface area (Å²) in [5.41, 5.74) is 1.02. The van der Waals surface area contributed by atoms with Gasteiger partial charge >= 0.3 is 6.03 Å². The SMILES string of the molecule is COc1ccc2c(c1)CCC[C@]21NC(=O)N(C[C@@H](O)CN2C(=O)c3ccccc3C2=O)C1=O. The smallest absolute Gasteiger partial charge is 0.325 e. The van der Waals surface area contributed by atoms with E-state index in [0.717, 1.165) is 27.3 Å². The summed E-state index contributed by atoms with van der Waals surface area (Å²) in [5, 5.41) is 13.5.